The largest absolute Gasteiger partial charge is 0.416 e. The quantitative estimate of drug-likeness (QED) is 0.918. The Kier molecular flexibility index (Phi) is 4.21. The van der Waals surface area contributed by atoms with Crippen LogP contribution in [0.25, 0.3) is 0 Å². The topological polar surface area (TPSA) is 24.9 Å². The van der Waals surface area contributed by atoms with Crippen LogP contribution in [-0.2, 0) is 12.7 Å². The van der Waals surface area contributed by atoms with Crippen molar-refractivity contribution in [1.29, 1.82) is 0 Å². The molecule has 1 atom stereocenters. The Hall–Kier alpha value is -1.40. The number of nitrogens with zero attached hydrogens (tertiary/aromatic N) is 1. The fraction of sp³-hybridized carbons (Fsp3) is 0.308. The van der Waals surface area contributed by atoms with Crippen LogP contribution in [-0.4, -0.2) is 4.98 Å². The second kappa shape index (κ2) is 5.71. The summed E-state index contributed by atoms with van der Waals surface area (Å²) in [6.07, 6.45) is -4.28. The molecular formula is C13H13F3N2S. The van der Waals surface area contributed by atoms with Gasteiger partial charge in [-0.1, -0.05) is 12.1 Å². The van der Waals surface area contributed by atoms with E-state index in [1.54, 1.807) is 5.51 Å². The number of thiazole rings is 1. The molecule has 2 nitrogen and oxygen atoms in total. The van der Waals surface area contributed by atoms with Crippen molar-refractivity contribution in [1.82, 2.24) is 10.3 Å². The number of aromatic nitrogens is 1. The first-order valence-electron chi connectivity index (χ1n) is 5.74. The highest BCUT2D eigenvalue weighted by atomic mass is 32.1. The van der Waals surface area contributed by atoms with Crippen molar-refractivity contribution >= 4 is 11.3 Å². The molecule has 0 bridgehead atoms. The summed E-state index contributed by atoms with van der Waals surface area (Å²) in [6.45, 7) is 2.51. The van der Waals surface area contributed by atoms with Gasteiger partial charge in [0.2, 0.25) is 0 Å². The van der Waals surface area contributed by atoms with Gasteiger partial charge in [0.15, 0.2) is 0 Å². The molecule has 0 spiro atoms. The predicted molar refractivity (Wildman–Crippen MR) is 68.8 cm³/mol. The maximum atomic E-state index is 12.4. The van der Waals surface area contributed by atoms with E-state index in [0.29, 0.717) is 6.54 Å². The first-order valence-corrected chi connectivity index (χ1v) is 6.68. The van der Waals surface area contributed by atoms with Gasteiger partial charge < -0.3 is 5.32 Å². The normalized spacial score (nSPS) is 13.5. The predicted octanol–water partition coefficient (Wildman–Crippen LogP) is 4.01. The molecule has 0 radical (unpaired) electrons. The number of halogens is 3. The number of hydrogen-bond donors (Lipinski definition) is 1. The fourth-order valence-corrected chi connectivity index (χ4v) is 2.22. The molecule has 0 aliphatic carbocycles. The van der Waals surface area contributed by atoms with Crippen LogP contribution < -0.4 is 5.32 Å². The minimum Gasteiger partial charge on any atom is -0.305 e. The monoisotopic (exact) mass is 286 g/mol. The minimum atomic E-state index is -4.28. The molecule has 6 heteroatoms. The highest BCUT2D eigenvalue weighted by Gasteiger charge is 2.30. The van der Waals surface area contributed by atoms with E-state index in [9.17, 15) is 13.2 Å². The van der Waals surface area contributed by atoms with Gasteiger partial charge in [0.1, 0.15) is 0 Å². The SMILES string of the molecule is CC(NCc1cscn1)c1ccc(C(F)(F)F)cc1. The van der Waals surface area contributed by atoms with Crippen LogP contribution in [0.1, 0.15) is 29.8 Å². The number of benzene rings is 1. The summed E-state index contributed by atoms with van der Waals surface area (Å²) in [5.41, 5.74) is 2.88. The number of hydrogen-bond acceptors (Lipinski definition) is 3. The zero-order valence-corrected chi connectivity index (χ0v) is 11.1. The molecule has 0 aliphatic rings. The minimum absolute atomic E-state index is 0.0241. The summed E-state index contributed by atoms with van der Waals surface area (Å²) in [4.78, 5) is 4.14. The average molecular weight is 286 g/mol. The molecule has 1 heterocycles. The molecule has 102 valence electrons. The van der Waals surface area contributed by atoms with Crippen LogP contribution in [0.15, 0.2) is 35.2 Å². The molecule has 0 amide bonds. The van der Waals surface area contributed by atoms with Gasteiger partial charge in [0.25, 0.3) is 0 Å². The van der Waals surface area contributed by atoms with Crippen LogP contribution in [0.4, 0.5) is 13.2 Å². The van der Waals surface area contributed by atoms with Gasteiger partial charge in [-0.3, -0.25) is 0 Å². The van der Waals surface area contributed by atoms with Crippen molar-refractivity contribution in [2.75, 3.05) is 0 Å². The van der Waals surface area contributed by atoms with Gasteiger partial charge in [0.05, 0.1) is 16.8 Å². The van der Waals surface area contributed by atoms with E-state index in [0.717, 1.165) is 23.4 Å². The van der Waals surface area contributed by atoms with E-state index in [1.807, 2.05) is 12.3 Å². The van der Waals surface area contributed by atoms with E-state index < -0.39 is 11.7 Å². The van der Waals surface area contributed by atoms with E-state index in [4.69, 9.17) is 0 Å². The Morgan fingerprint density at radius 2 is 1.95 bits per heavy atom. The van der Waals surface area contributed by atoms with Crippen molar-refractivity contribution in [2.24, 2.45) is 0 Å². The van der Waals surface area contributed by atoms with Crippen LogP contribution in [0.5, 0.6) is 0 Å². The molecule has 1 unspecified atom stereocenters. The molecule has 1 N–H and O–H groups in total. The molecule has 0 aliphatic heterocycles. The van der Waals surface area contributed by atoms with Crippen molar-refractivity contribution in [3.05, 3.63) is 52.0 Å². The summed E-state index contributed by atoms with van der Waals surface area (Å²) >= 11 is 1.52. The van der Waals surface area contributed by atoms with Crippen molar-refractivity contribution in [3.63, 3.8) is 0 Å². The summed E-state index contributed by atoms with van der Waals surface area (Å²) in [5, 5.41) is 5.16. The standard InChI is InChI=1S/C13H13F3N2S/c1-9(17-6-12-7-19-8-18-12)10-2-4-11(5-3-10)13(14,15)16/h2-5,7-9,17H,6H2,1H3. The lowest BCUT2D eigenvalue weighted by atomic mass is 10.1. The lowest BCUT2D eigenvalue weighted by Gasteiger charge is -2.14. The second-order valence-corrected chi connectivity index (χ2v) is 4.92. The van der Waals surface area contributed by atoms with E-state index in [-0.39, 0.29) is 6.04 Å². The Balaban J connectivity index is 1.97. The molecular weight excluding hydrogens is 273 g/mol. The van der Waals surface area contributed by atoms with E-state index >= 15 is 0 Å². The Morgan fingerprint density at radius 3 is 2.47 bits per heavy atom. The number of alkyl halides is 3. The third kappa shape index (κ3) is 3.78. The maximum Gasteiger partial charge on any atom is 0.416 e. The lowest BCUT2D eigenvalue weighted by molar-refractivity contribution is -0.137. The van der Waals surface area contributed by atoms with E-state index in [1.165, 1.54) is 23.5 Å². The van der Waals surface area contributed by atoms with Crippen molar-refractivity contribution in [2.45, 2.75) is 25.7 Å². The molecule has 1 aromatic heterocycles. The van der Waals surface area contributed by atoms with Crippen molar-refractivity contribution in [3.8, 4) is 0 Å². The summed E-state index contributed by atoms with van der Waals surface area (Å²) < 4.78 is 37.3. The molecule has 19 heavy (non-hydrogen) atoms. The molecule has 0 saturated heterocycles. The summed E-state index contributed by atoms with van der Waals surface area (Å²) in [6, 6.07) is 5.19. The van der Waals surface area contributed by atoms with Gasteiger partial charge in [0, 0.05) is 18.0 Å². The molecule has 1 aromatic carbocycles. The van der Waals surface area contributed by atoms with Gasteiger partial charge in [-0.15, -0.1) is 11.3 Å². The summed E-state index contributed by atoms with van der Waals surface area (Å²) in [5.74, 6) is 0. The maximum absolute atomic E-state index is 12.4. The average Bonchev–Trinajstić information content (AvgIpc) is 2.88. The smallest absolute Gasteiger partial charge is 0.305 e. The highest BCUT2D eigenvalue weighted by Crippen LogP contribution is 2.29. The zero-order chi connectivity index (χ0) is 13.9. The van der Waals surface area contributed by atoms with Gasteiger partial charge in [-0.25, -0.2) is 4.98 Å². The van der Waals surface area contributed by atoms with E-state index in [2.05, 4.69) is 10.3 Å². The lowest BCUT2D eigenvalue weighted by Crippen LogP contribution is -2.18. The molecule has 0 saturated carbocycles. The second-order valence-electron chi connectivity index (χ2n) is 4.20. The third-order valence-electron chi connectivity index (χ3n) is 2.81. The third-order valence-corrected chi connectivity index (χ3v) is 3.45. The van der Waals surface area contributed by atoms with Crippen LogP contribution in [0.2, 0.25) is 0 Å². The van der Waals surface area contributed by atoms with Crippen LogP contribution in [0, 0.1) is 0 Å². The molecule has 2 aromatic rings. The highest BCUT2D eigenvalue weighted by molar-refractivity contribution is 7.07. The fourth-order valence-electron chi connectivity index (χ4n) is 1.66. The molecule has 0 fully saturated rings. The summed E-state index contributed by atoms with van der Waals surface area (Å²) in [7, 11) is 0. The van der Waals surface area contributed by atoms with Crippen LogP contribution >= 0.6 is 11.3 Å². The van der Waals surface area contributed by atoms with Gasteiger partial charge in [-0.05, 0) is 24.6 Å². The molecule has 2 rings (SSSR count). The number of nitrogens with one attached hydrogen (secondary N) is 1. The number of rotatable bonds is 4. The van der Waals surface area contributed by atoms with Crippen molar-refractivity contribution < 1.29 is 13.2 Å². The first kappa shape index (κ1) is 14.0. The zero-order valence-electron chi connectivity index (χ0n) is 10.2. The first-order chi connectivity index (χ1) is 8.97. The van der Waals surface area contributed by atoms with Gasteiger partial charge >= 0.3 is 6.18 Å². The Morgan fingerprint density at radius 1 is 1.26 bits per heavy atom. The Labute approximate surface area is 113 Å². The Bertz CT molecular complexity index is 506. The van der Waals surface area contributed by atoms with Crippen LogP contribution in [0.3, 0.4) is 0 Å². The van der Waals surface area contributed by atoms with Gasteiger partial charge in [-0.2, -0.15) is 13.2 Å².